The molecule has 0 bridgehead atoms. The van der Waals surface area contributed by atoms with Crippen LogP contribution < -0.4 is 0 Å². The van der Waals surface area contributed by atoms with E-state index in [1.807, 2.05) is 74.5 Å². The van der Waals surface area contributed by atoms with Crippen LogP contribution in [-0.4, -0.2) is 47.5 Å². The van der Waals surface area contributed by atoms with Crippen LogP contribution in [0, 0.1) is 11.3 Å². The Bertz CT molecular complexity index is 554. The van der Waals surface area contributed by atoms with Crippen LogP contribution in [0.15, 0.2) is 12.2 Å². The third-order valence-corrected chi connectivity index (χ3v) is 4.31. The maximum Gasteiger partial charge on any atom is 0.413 e. The van der Waals surface area contributed by atoms with Gasteiger partial charge in [-0.15, -0.1) is 0 Å². The lowest BCUT2D eigenvalue weighted by atomic mass is 9.80. The van der Waals surface area contributed by atoms with Gasteiger partial charge in [0.15, 0.2) is 0 Å². The average Bonchev–Trinajstić information content (AvgIpc) is 2.64. The van der Waals surface area contributed by atoms with Gasteiger partial charge in [0, 0.05) is 0 Å². The maximum absolute atomic E-state index is 12.8. The van der Waals surface area contributed by atoms with Crippen molar-refractivity contribution >= 4 is 12.1 Å². The zero-order valence-corrected chi connectivity index (χ0v) is 17.9. The number of carbonyl (C=O) groups excluding carboxylic acids is 2. The van der Waals surface area contributed by atoms with Gasteiger partial charge < -0.3 is 14.2 Å². The molecule has 3 atom stereocenters. The number of ether oxygens (including phenoxy) is 3. The van der Waals surface area contributed by atoms with Gasteiger partial charge in [0.25, 0.3) is 0 Å². The van der Waals surface area contributed by atoms with Crippen LogP contribution in [0.5, 0.6) is 0 Å². The molecule has 1 heterocycles. The van der Waals surface area contributed by atoms with E-state index >= 15 is 0 Å². The summed E-state index contributed by atoms with van der Waals surface area (Å²) in [5, 5.41) is 0. The Balaban J connectivity index is 3.17. The minimum atomic E-state index is -0.806. The van der Waals surface area contributed by atoms with E-state index in [9.17, 15) is 9.59 Å². The lowest BCUT2D eigenvalue weighted by Crippen LogP contribution is -2.49. The summed E-state index contributed by atoms with van der Waals surface area (Å²) in [6.45, 7) is 17.0. The van der Waals surface area contributed by atoms with Crippen molar-refractivity contribution in [3.8, 4) is 0 Å². The van der Waals surface area contributed by atoms with E-state index in [-0.39, 0.29) is 23.5 Å². The highest BCUT2D eigenvalue weighted by atomic mass is 16.6. The summed E-state index contributed by atoms with van der Waals surface area (Å²) in [7, 11) is 1.38. The monoisotopic (exact) mass is 369 g/mol. The fraction of sp³-hybridized carbons (Fsp3) is 0.800. The molecular weight excluding hydrogens is 334 g/mol. The molecule has 1 aliphatic rings. The molecule has 0 aliphatic carbocycles. The summed E-state index contributed by atoms with van der Waals surface area (Å²) in [4.78, 5) is 26.5. The second-order valence-electron chi connectivity index (χ2n) is 9.36. The number of esters is 1. The molecule has 0 aromatic carbocycles. The minimum absolute atomic E-state index is 0.230. The van der Waals surface area contributed by atoms with Gasteiger partial charge in [-0.3, -0.25) is 9.69 Å². The number of methoxy groups -OCH3 is 1. The summed E-state index contributed by atoms with van der Waals surface area (Å²) in [5.41, 5.74) is -1.72. The van der Waals surface area contributed by atoms with Crippen LogP contribution in [-0.2, 0) is 19.0 Å². The lowest BCUT2D eigenvalue weighted by Gasteiger charge is -2.34. The Morgan fingerprint density at radius 2 is 1.69 bits per heavy atom. The number of hydrogen-bond acceptors (Lipinski definition) is 5. The van der Waals surface area contributed by atoms with Crippen LogP contribution in [0.3, 0.4) is 0 Å². The number of nitrogens with zero attached hydrogens (tertiary/aromatic N) is 1. The van der Waals surface area contributed by atoms with Gasteiger partial charge in [0.1, 0.15) is 11.3 Å². The molecule has 1 fully saturated rings. The first-order chi connectivity index (χ1) is 11.6. The first kappa shape index (κ1) is 22.5. The van der Waals surface area contributed by atoms with E-state index < -0.39 is 23.3 Å². The van der Waals surface area contributed by atoms with Gasteiger partial charge in [-0.2, -0.15) is 0 Å². The van der Waals surface area contributed by atoms with E-state index in [4.69, 9.17) is 14.2 Å². The molecule has 0 spiro atoms. The largest absolute Gasteiger partial charge is 0.469 e. The zero-order chi connectivity index (χ0) is 20.5. The van der Waals surface area contributed by atoms with Crippen molar-refractivity contribution in [1.82, 2.24) is 4.90 Å². The molecule has 150 valence electrons. The molecule has 1 aliphatic heterocycles. The van der Waals surface area contributed by atoms with Gasteiger partial charge in [-0.05, 0) is 47.0 Å². The normalized spacial score (nSPS) is 24.6. The first-order valence-electron chi connectivity index (χ1n) is 9.06. The molecule has 0 radical (unpaired) electrons. The first-order valence-corrected chi connectivity index (χ1v) is 9.06. The molecule has 0 unspecified atom stereocenters. The second kappa shape index (κ2) is 7.59. The highest BCUT2D eigenvalue weighted by Gasteiger charge is 2.48. The van der Waals surface area contributed by atoms with E-state index in [2.05, 4.69) is 0 Å². The Morgan fingerprint density at radius 1 is 1.15 bits per heavy atom. The topological polar surface area (TPSA) is 65.1 Å². The molecule has 26 heavy (non-hydrogen) atoms. The molecule has 6 heteroatoms. The highest BCUT2D eigenvalue weighted by Crippen LogP contribution is 2.35. The Hall–Kier alpha value is -1.56. The standard InChI is InChI=1S/C20H35NO5/c1-13-15(12-11-14(16(22)24-10)18(2,3)4)21(20(8,9)25-13)17(23)26-19(5,6)7/h11-15H,1-10H3/b12-11+/t13-,14+,15-/m1/s1. The smallest absolute Gasteiger partial charge is 0.413 e. The molecule has 0 saturated carbocycles. The predicted molar refractivity (Wildman–Crippen MR) is 101 cm³/mol. The molecule has 0 aromatic heterocycles. The summed E-state index contributed by atoms with van der Waals surface area (Å²) >= 11 is 0. The summed E-state index contributed by atoms with van der Waals surface area (Å²) in [6, 6.07) is -0.339. The van der Waals surface area contributed by atoms with Crippen LogP contribution in [0.2, 0.25) is 0 Å². The average molecular weight is 370 g/mol. The summed E-state index contributed by atoms with van der Waals surface area (Å²) < 4.78 is 16.5. The fourth-order valence-electron chi connectivity index (χ4n) is 3.12. The van der Waals surface area contributed by atoms with Crippen molar-refractivity contribution in [2.24, 2.45) is 11.3 Å². The van der Waals surface area contributed by atoms with Crippen molar-refractivity contribution in [3.63, 3.8) is 0 Å². The third kappa shape index (κ3) is 5.47. The van der Waals surface area contributed by atoms with Gasteiger partial charge >= 0.3 is 12.1 Å². The molecule has 1 saturated heterocycles. The number of carbonyl (C=O) groups is 2. The van der Waals surface area contributed by atoms with E-state index in [1.165, 1.54) is 7.11 Å². The van der Waals surface area contributed by atoms with Crippen molar-refractivity contribution in [2.45, 2.75) is 85.8 Å². The fourth-order valence-corrected chi connectivity index (χ4v) is 3.12. The van der Waals surface area contributed by atoms with E-state index in [0.717, 1.165) is 0 Å². The van der Waals surface area contributed by atoms with E-state index in [1.54, 1.807) is 4.90 Å². The predicted octanol–water partition coefficient (Wildman–Crippen LogP) is 4.14. The minimum Gasteiger partial charge on any atom is -0.469 e. The zero-order valence-electron chi connectivity index (χ0n) is 17.9. The molecule has 6 nitrogen and oxygen atoms in total. The lowest BCUT2D eigenvalue weighted by molar-refractivity contribution is -0.146. The van der Waals surface area contributed by atoms with Gasteiger partial charge in [-0.25, -0.2) is 4.79 Å². The Kier molecular flexibility index (Phi) is 6.56. The van der Waals surface area contributed by atoms with Crippen molar-refractivity contribution in [1.29, 1.82) is 0 Å². The van der Waals surface area contributed by atoms with Crippen molar-refractivity contribution < 1.29 is 23.8 Å². The number of hydrogen-bond donors (Lipinski definition) is 0. The SMILES string of the molecule is COC(=O)[C@H](/C=C/[C@@H]1[C@@H](C)OC(C)(C)N1C(=O)OC(C)(C)C)C(C)(C)C. The Morgan fingerprint density at radius 3 is 2.12 bits per heavy atom. The molecule has 1 rings (SSSR count). The van der Waals surface area contributed by atoms with Gasteiger partial charge in [0.05, 0.1) is 25.2 Å². The van der Waals surface area contributed by atoms with Gasteiger partial charge in [0.2, 0.25) is 0 Å². The van der Waals surface area contributed by atoms with Crippen LogP contribution in [0.4, 0.5) is 4.79 Å². The summed E-state index contributed by atoms with van der Waals surface area (Å²) in [5.74, 6) is -0.729. The van der Waals surface area contributed by atoms with Crippen LogP contribution in [0.1, 0.15) is 62.3 Å². The third-order valence-electron chi connectivity index (χ3n) is 4.31. The Labute approximate surface area is 157 Å². The highest BCUT2D eigenvalue weighted by molar-refractivity contribution is 5.75. The molecule has 0 N–H and O–H groups in total. The maximum atomic E-state index is 12.8. The quantitative estimate of drug-likeness (QED) is 0.552. The number of amides is 1. The second-order valence-corrected chi connectivity index (χ2v) is 9.36. The molecular formula is C20H35NO5. The molecule has 1 amide bonds. The van der Waals surface area contributed by atoms with E-state index in [0.29, 0.717) is 0 Å². The summed E-state index contributed by atoms with van der Waals surface area (Å²) in [6.07, 6.45) is 3.00. The van der Waals surface area contributed by atoms with Crippen LogP contribution in [0.25, 0.3) is 0 Å². The number of rotatable bonds is 3. The van der Waals surface area contributed by atoms with Crippen LogP contribution >= 0.6 is 0 Å². The van der Waals surface area contributed by atoms with Gasteiger partial charge in [-0.1, -0.05) is 32.9 Å². The van der Waals surface area contributed by atoms with Crippen molar-refractivity contribution in [3.05, 3.63) is 12.2 Å². The molecule has 0 aromatic rings. The van der Waals surface area contributed by atoms with Crippen molar-refractivity contribution in [2.75, 3.05) is 7.11 Å².